The molecule has 0 saturated carbocycles. The summed E-state index contributed by atoms with van der Waals surface area (Å²) in [6.07, 6.45) is 0. The average molecular weight is 248 g/mol. The van der Waals surface area contributed by atoms with E-state index in [0.717, 1.165) is 0 Å². The largest absolute Gasteiger partial charge is 0.478 e. The maximum atomic E-state index is 12.1. The van der Waals surface area contributed by atoms with E-state index < -0.39 is 5.97 Å². The molecule has 0 saturated heterocycles. The molecule has 1 aliphatic heterocycles. The van der Waals surface area contributed by atoms with Gasteiger partial charge in [0.1, 0.15) is 6.04 Å². The first-order valence-corrected chi connectivity index (χ1v) is 5.83. The van der Waals surface area contributed by atoms with E-state index in [4.69, 9.17) is 5.11 Å². The van der Waals surface area contributed by atoms with Gasteiger partial charge < -0.3 is 15.3 Å². The van der Waals surface area contributed by atoms with Crippen LogP contribution in [0.4, 0.5) is 11.4 Å². The summed E-state index contributed by atoms with van der Waals surface area (Å²) in [4.78, 5) is 24.6. The molecule has 1 amide bonds. The van der Waals surface area contributed by atoms with Crippen LogP contribution in [0.5, 0.6) is 0 Å². The number of fused-ring (bicyclic) bond motifs is 1. The predicted molar refractivity (Wildman–Crippen MR) is 69.1 cm³/mol. The van der Waals surface area contributed by atoms with E-state index >= 15 is 0 Å². The Kier molecular flexibility index (Phi) is 2.98. The third kappa shape index (κ3) is 1.92. The van der Waals surface area contributed by atoms with Crippen LogP contribution in [0, 0.1) is 5.92 Å². The SMILES string of the molecule is CC(C)C1Nc2cc(C(=O)O)ccc2N(C)C1=O. The Morgan fingerprint density at radius 2 is 2.11 bits per heavy atom. The van der Waals surface area contributed by atoms with Crippen molar-refractivity contribution in [3.05, 3.63) is 23.8 Å². The van der Waals surface area contributed by atoms with Gasteiger partial charge in [0.15, 0.2) is 0 Å². The number of nitrogens with zero attached hydrogens (tertiary/aromatic N) is 1. The van der Waals surface area contributed by atoms with Crippen molar-refractivity contribution < 1.29 is 14.7 Å². The lowest BCUT2D eigenvalue weighted by Crippen LogP contribution is -2.47. The van der Waals surface area contributed by atoms with Crippen molar-refractivity contribution in [3.8, 4) is 0 Å². The zero-order valence-corrected chi connectivity index (χ0v) is 10.6. The number of likely N-dealkylation sites (N-methyl/N-ethyl adjacent to an activating group) is 1. The van der Waals surface area contributed by atoms with Crippen LogP contribution in [0.2, 0.25) is 0 Å². The Hall–Kier alpha value is -2.04. The van der Waals surface area contributed by atoms with Crippen molar-refractivity contribution in [1.82, 2.24) is 0 Å². The van der Waals surface area contributed by atoms with Crippen LogP contribution in [0.25, 0.3) is 0 Å². The number of rotatable bonds is 2. The van der Waals surface area contributed by atoms with Crippen molar-refractivity contribution >= 4 is 23.3 Å². The number of aromatic carboxylic acids is 1. The van der Waals surface area contributed by atoms with Crippen molar-refractivity contribution in [1.29, 1.82) is 0 Å². The van der Waals surface area contributed by atoms with Gasteiger partial charge in [0, 0.05) is 7.05 Å². The highest BCUT2D eigenvalue weighted by Gasteiger charge is 2.32. The first kappa shape index (κ1) is 12.4. The number of hydrogen-bond donors (Lipinski definition) is 2. The summed E-state index contributed by atoms with van der Waals surface area (Å²) in [5, 5.41) is 12.1. The van der Waals surface area contributed by atoms with Crippen LogP contribution in [0.1, 0.15) is 24.2 Å². The third-order valence-electron chi connectivity index (χ3n) is 3.18. The lowest BCUT2D eigenvalue weighted by molar-refractivity contribution is -0.120. The number of benzene rings is 1. The molecule has 0 aromatic heterocycles. The molecule has 1 atom stereocenters. The quantitative estimate of drug-likeness (QED) is 0.837. The van der Waals surface area contributed by atoms with Gasteiger partial charge in [-0.15, -0.1) is 0 Å². The summed E-state index contributed by atoms with van der Waals surface area (Å²) in [5.74, 6) is -0.831. The van der Waals surface area contributed by atoms with Gasteiger partial charge >= 0.3 is 5.97 Å². The molecule has 1 unspecified atom stereocenters. The van der Waals surface area contributed by atoms with Crippen molar-refractivity contribution in [2.75, 3.05) is 17.3 Å². The number of carboxylic acid groups (broad SMARTS) is 1. The smallest absolute Gasteiger partial charge is 0.335 e. The lowest BCUT2D eigenvalue weighted by atomic mass is 9.98. The molecule has 0 fully saturated rings. The molecule has 5 heteroatoms. The Morgan fingerprint density at radius 1 is 1.44 bits per heavy atom. The van der Waals surface area contributed by atoms with Crippen LogP contribution in [-0.4, -0.2) is 30.1 Å². The number of carbonyl (C=O) groups is 2. The van der Waals surface area contributed by atoms with Crippen molar-refractivity contribution in [2.24, 2.45) is 5.92 Å². The second-order valence-electron chi connectivity index (χ2n) is 4.80. The fraction of sp³-hybridized carbons (Fsp3) is 0.385. The minimum absolute atomic E-state index is 0.000532. The number of nitrogens with one attached hydrogen (secondary N) is 1. The third-order valence-corrected chi connectivity index (χ3v) is 3.18. The maximum Gasteiger partial charge on any atom is 0.335 e. The first-order valence-electron chi connectivity index (χ1n) is 5.83. The van der Waals surface area contributed by atoms with Crippen LogP contribution in [0.15, 0.2) is 18.2 Å². The van der Waals surface area contributed by atoms with Gasteiger partial charge in [-0.25, -0.2) is 4.79 Å². The van der Waals surface area contributed by atoms with E-state index in [2.05, 4.69) is 5.32 Å². The number of carboxylic acids is 1. The van der Waals surface area contributed by atoms with E-state index in [0.29, 0.717) is 11.4 Å². The van der Waals surface area contributed by atoms with Gasteiger partial charge in [0.25, 0.3) is 0 Å². The molecule has 1 aromatic rings. The van der Waals surface area contributed by atoms with Crippen LogP contribution in [0.3, 0.4) is 0 Å². The summed E-state index contributed by atoms with van der Waals surface area (Å²) in [5.41, 5.74) is 1.61. The summed E-state index contributed by atoms with van der Waals surface area (Å²) in [6, 6.07) is 4.41. The molecule has 96 valence electrons. The summed E-state index contributed by atoms with van der Waals surface area (Å²) < 4.78 is 0. The zero-order chi connectivity index (χ0) is 13.4. The van der Waals surface area contributed by atoms with Gasteiger partial charge in [-0.1, -0.05) is 13.8 Å². The second-order valence-corrected chi connectivity index (χ2v) is 4.80. The Bertz CT molecular complexity index is 511. The molecule has 18 heavy (non-hydrogen) atoms. The second kappa shape index (κ2) is 4.33. The summed E-state index contributed by atoms with van der Waals surface area (Å²) in [6.45, 7) is 3.91. The normalized spacial score (nSPS) is 18.6. The molecule has 0 bridgehead atoms. The lowest BCUT2D eigenvalue weighted by Gasteiger charge is -2.35. The van der Waals surface area contributed by atoms with E-state index in [1.165, 1.54) is 6.07 Å². The first-order chi connectivity index (χ1) is 8.41. The van der Waals surface area contributed by atoms with Gasteiger partial charge in [-0.2, -0.15) is 0 Å². The highest BCUT2D eigenvalue weighted by Crippen LogP contribution is 2.33. The Labute approximate surface area is 105 Å². The van der Waals surface area contributed by atoms with Crippen molar-refractivity contribution in [3.63, 3.8) is 0 Å². The number of anilines is 2. The topological polar surface area (TPSA) is 69.6 Å². The molecule has 1 heterocycles. The molecule has 2 N–H and O–H groups in total. The number of hydrogen-bond acceptors (Lipinski definition) is 3. The molecule has 0 radical (unpaired) electrons. The van der Waals surface area contributed by atoms with E-state index in [-0.39, 0.29) is 23.4 Å². The van der Waals surface area contributed by atoms with E-state index in [1.807, 2.05) is 13.8 Å². The molecule has 5 nitrogen and oxygen atoms in total. The zero-order valence-electron chi connectivity index (χ0n) is 10.6. The Morgan fingerprint density at radius 3 is 2.67 bits per heavy atom. The number of carbonyl (C=O) groups excluding carboxylic acids is 1. The van der Waals surface area contributed by atoms with E-state index in [9.17, 15) is 9.59 Å². The number of amides is 1. The van der Waals surface area contributed by atoms with Gasteiger partial charge in [-0.3, -0.25) is 4.79 Å². The summed E-state index contributed by atoms with van der Waals surface area (Å²) in [7, 11) is 1.71. The Balaban J connectivity index is 2.46. The van der Waals surface area contributed by atoms with Gasteiger partial charge in [0.05, 0.1) is 16.9 Å². The summed E-state index contributed by atoms with van der Waals surface area (Å²) >= 11 is 0. The standard InChI is InChI=1S/C13H16N2O3/c1-7(2)11-12(16)15(3)10-5-4-8(13(17)18)6-9(10)14-11/h4-7,11,14H,1-3H3,(H,17,18). The maximum absolute atomic E-state index is 12.1. The highest BCUT2D eigenvalue weighted by molar-refractivity contribution is 6.05. The average Bonchev–Trinajstić information content (AvgIpc) is 2.32. The molecule has 1 aromatic carbocycles. The minimum atomic E-state index is -0.972. The van der Waals surface area contributed by atoms with Crippen molar-refractivity contribution in [2.45, 2.75) is 19.9 Å². The highest BCUT2D eigenvalue weighted by atomic mass is 16.4. The molecular formula is C13H16N2O3. The predicted octanol–water partition coefficient (Wildman–Crippen LogP) is 1.80. The van der Waals surface area contributed by atoms with Crippen LogP contribution < -0.4 is 10.2 Å². The molecular weight excluding hydrogens is 232 g/mol. The molecule has 0 spiro atoms. The van der Waals surface area contributed by atoms with Crippen LogP contribution in [-0.2, 0) is 4.79 Å². The monoisotopic (exact) mass is 248 g/mol. The van der Waals surface area contributed by atoms with Crippen LogP contribution >= 0.6 is 0 Å². The molecule has 2 rings (SSSR count). The minimum Gasteiger partial charge on any atom is -0.478 e. The van der Waals surface area contributed by atoms with Gasteiger partial charge in [-0.05, 0) is 24.1 Å². The van der Waals surface area contributed by atoms with Gasteiger partial charge in [0.2, 0.25) is 5.91 Å². The van der Waals surface area contributed by atoms with E-state index in [1.54, 1.807) is 24.1 Å². The molecule has 0 aliphatic carbocycles. The fourth-order valence-corrected chi connectivity index (χ4v) is 2.09. The molecule has 1 aliphatic rings. The fourth-order valence-electron chi connectivity index (χ4n) is 2.09.